The van der Waals surface area contributed by atoms with Crippen molar-refractivity contribution in [2.75, 3.05) is 26.3 Å². The fourth-order valence-electron chi connectivity index (χ4n) is 3.62. The molecule has 25 heavy (non-hydrogen) atoms. The fraction of sp³-hybridized carbons (Fsp3) is 0.600. The molecule has 0 aromatic heterocycles. The van der Waals surface area contributed by atoms with Crippen LogP contribution in [-0.4, -0.2) is 49.1 Å². The number of amides is 2. The predicted octanol–water partition coefficient (Wildman–Crippen LogP) is 2.15. The molecule has 1 aromatic carbocycles. The number of hydrogen-bond donors (Lipinski definition) is 1. The summed E-state index contributed by atoms with van der Waals surface area (Å²) in [5.74, 6) is 0.216. The zero-order valence-corrected chi connectivity index (χ0v) is 14.8. The van der Waals surface area contributed by atoms with Crippen molar-refractivity contribution in [3.05, 3.63) is 35.9 Å². The number of carbonyl (C=O) groups is 2. The van der Waals surface area contributed by atoms with Crippen molar-refractivity contribution in [3.63, 3.8) is 0 Å². The van der Waals surface area contributed by atoms with Gasteiger partial charge in [-0.05, 0) is 37.7 Å². The van der Waals surface area contributed by atoms with E-state index < -0.39 is 0 Å². The summed E-state index contributed by atoms with van der Waals surface area (Å²) in [7, 11) is 0. The Kier molecular flexibility index (Phi) is 6.45. The Morgan fingerprint density at radius 2 is 1.92 bits per heavy atom. The summed E-state index contributed by atoms with van der Waals surface area (Å²) in [5.41, 5.74) is 1.29. The number of piperidine rings is 1. The molecule has 2 heterocycles. The van der Waals surface area contributed by atoms with Gasteiger partial charge in [0, 0.05) is 38.8 Å². The van der Waals surface area contributed by atoms with Crippen molar-refractivity contribution in [3.8, 4) is 0 Å². The molecule has 2 aliphatic rings. The summed E-state index contributed by atoms with van der Waals surface area (Å²) in [6.07, 6.45) is 4.82. The molecule has 5 heteroatoms. The number of aryl methyl sites for hydroxylation is 1. The number of likely N-dealkylation sites (tertiary alicyclic amines) is 1. The molecule has 2 amide bonds. The summed E-state index contributed by atoms with van der Waals surface area (Å²) < 4.78 is 5.33. The summed E-state index contributed by atoms with van der Waals surface area (Å²) in [5, 5.41) is 3.15. The smallest absolute Gasteiger partial charge is 0.225 e. The lowest BCUT2D eigenvalue weighted by atomic mass is 9.95. The Bertz CT molecular complexity index is 570. The zero-order chi connectivity index (χ0) is 17.5. The molecule has 2 saturated heterocycles. The van der Waals surface area contributed by atoms with Crippen molar-refractivity contribution < 1.29 is 14.3 Å². The fourth-order valence-corrected chi connectivity index (χ4v) is 3.62. The van der Waals surface area contributed by atoms with Crippen LogP contribution >= 0.6 is 0 Å². The molecule has 0 aliphatic carbocycles. The molecular weight excluding hydrogens is 316 g/mol. The SMILES string of the molecule is O=C(NC1CCOCC1)C1CCC(=O)N(CCCc2ccccc2)C1. The molecule has 2 fully saturated rings. The highest BCUT2D eigenvalue weighted by Crippen LogP contribution is 2.19. The largest absolute Gasteiger partial charge is 0.381 e. The van der Waals surface area contributed by atoms with Crippen LogP contribution in [0.15, 0.2) is 30.3 Å². The van der Waals surface area contributed by atoms with Crippen LogP contribution in [0, 0.1) is 5.92 Å². The minimum atomic E-state index is -0.0720. The number of nitrogens with one attached hydrogen (secondary N) is 1. The molecule has 0 spiro atoms. The van der Waals surface area contributed by atoms with E-state index in [-0.39, 0.29) is 23.8 Å². The van der Waals surface area contributed by atoms with Gasteiger partial charge in [-0.3, -0.25) is 9.59 Å². The first kappa shape index (κ1) is 17.9. The van der Waals surface area contributed by atoms with Crippen LogP contribution in [0.2, 0.25) is 0 Å². The number of benzene rings is 1. The lowest BCUT2D eigenvalue weighted by molar-refractivity contribution is -0.138. The maximum atomic E-state index is 12.5. The van der Waals surface area contributed by atoms with E-state index in [1.165, 1.54) is 5.56 Å². The molecule has 1 aromatic rings. The van der Waals surface area contributed by atoms with E-state index in [0.717, 1.165) is 45.4 Å². The highest BCUT2D eigenvalue weighted by Gasteiger charge is 2.31. The Labute approximate surface area is 149 Å². The molecule has 0 radical (unpaired) electrons. The van der Waals surface area contributed by atoms with E-state index in [1.807, 2.05) is 23.1 Å². The number of rotatable bonds is 6. The van der Waals surface area contributed by atoms with Gasteiger partial charge in [-0.2, -0.15) is 0 Å². The molecule has 0 saturated carbocycles. The summed E-state index contributed by atoms with van der Waals surface area (Å²) >= 11 is 0. The molecule has 136 valence electrons. The van der Waals surface area contributed by atoms with Gasteiger partial charge in [0.05, 0.1) is 5.92 Å². The van der Waals surface area contributed by atoms with Gasteiger partial charge in [-0.15, -0.1) is 0 Å². The van der Waals surface area contributed by atoms with E-state index in [0.29, 0.717) is 19.4 Å². The second-order valence-corrected chi connectivity index (χ2v) is 7.06. The van der Waals surface area contributed by atoms with Gasteiger partial charge in [0.1, 0.15) is 0 Å². The van der Waals surface area contributed by atoms with E-state index >= 15 is 0 Å². The van der Waals surface area contributed by atoms with Crippen molar-refractivity contribution in [1.29, 1.82) is 0 Å². The van der Waals surface area contributed by atoms with Gasteiger partial charge in [-0.1, -0.05) is 30.3 Å². The Morgan fingerprint density at radius 1 is 1.16 bits per heavy atom. The maximum absolute atomic E-state index is 12.5. The van der Waals surface area contributed by atoms with Gasteiger partial charge in [0.25, 0.3) is 0 Å². The lowest BCUT2D eigenvalue weighted by Crippen LogP contribution is -2.49. The highest BCUT2D eigenvalue weighted by molar-refractivity contribution is 5.84. The molecular formula is C20H28N2O3. The second kappa shape index (κ2) is 8.99. The Hall–Kier alpha value is -1.88. The number of ether oxygens (including phenoxy) is 1. The highest BCUT2D eigenvalue weighted by atomic mass is 16.5. The average Bonchev–Trinajstić information content (AvgIpc) is 2.65. The van der Waals surface area contributed by atoms with Gasteiger partial charge in [0.15, 0.2) is 0 Å². The monoisotopic (exact) mass is 344 g/mol. The molecule has 2 aliphatic heterocycles. The summed E-state index contributed by atoms with van der Waals surface area (Å²) in [4.78, 5) is 26.6. The molecule has 3 rings (SSSR count). The average molecular weight is 344 g/mol. The first-order valence-electron chi connectivity index (χ1n) is 9.42. The first-order valence-corrected chi connectivity index (χ1v) is 9.42. The van der Waals surface area contributed by atoms with Crippen LogP contribution in [-0.2, 0) is 20.7 Å². The van der Waals surface area contributed by atoms with Crippen LogP contribution in [0.25, 0.3) is 0 Å². The molecule has 1 N–H and O–H groups in total. The topological polar surface area (TPSA) is 58.6 Å². The number of nitrogens with zero attached hydrogens (tertiary/aromatic N) is 1. The first-order chi connectivity index (χ1) is 12.2. The minimum absolute atomic E-state index is 0.0720. The quantitative estimate of drug-likeness (QED) is 0.860. The summed E-state index contributed by atoms with van der Waals surface area (Å²) in [6, 6.07) is 10.5. The van der Waals surface area contributed by atoms with Gasteiger partial charge in [-0.25, -0.2) is 0 Å². The van der Waals surface area contributed by atoms with Crippen LogP contribution in [0.5, 0.6) is 0 Å². The predicted molar refractivity (Wildman–Crippen MR) is 96.1 cm³/mol. The maximum Gasteiger partial charge on any atom is 0.225 e. The lowest BCUT2D eigenvalue weighted by Gasteiger charge is -2.33. The third-order valence-electron chi connectivity index (χ3n) is 5.17. The van der Waals surface area contributed by atoms with Crippen LogP contribution in [0.3, 0.4) is 0 Å². The van der Waals surface area contributed by atoms with Crippen molar-refractivity contribution in [2.45, 2.75) is 44.6 Å². The van der Waals surface area contributed by atoms with E-state index in [2.05, 4.69) is 17.4 Å². The Morgan fingerprint density at radius 3 is 2.68 bits per heavy atom. The number of hydrogen-bond acceptors (Lipinski definition) is 3. The number of carbonyl (C=O) groups excluding carboxylic acids is 2. The van der Waals surface area contributed by atoms with Gasteiger partial charge in [0.2, 0.25) is 11.8 Å². The van der Waals surface area contributed by atoms with Crippen LogP contribution in [0.4, 0.5) is 0 Å². The summed E-state index contributed by atoms with van der Waals surface area (Å²) in [6.45, 7) is 2.73. The minimum Gasteiger partial charge on any atom is -0.381 e. The standard InChI is InChI=1S/C20H28N2O3/c23-19-9-8-17(20(24)21-18-10-13-25-14-11-18)15-22(19)12-4-7-16-5-2-1-3-6-16/h1-3,5-6,17-18H,4,7-15H2,(H,21,24). The third kappa shape index (κ3) is 5.30. The van der Waals surface area contributed by atoms with E-state index in [1.54, 1.807) is 0 Å². The molecule has 1 unspecified atom stereocenters. The van der Waals surface area contributed by atoms with E-state index in [9.17, 15) is 9.59 Å². The van der Waals surface area contributed by atoms with Crippen molar-refractivity contribution in [2.24, 2.45) is 5.92 Å². The van der Waals surface area contributed by atoms with Crippen LogP contribution < -0.4 is 5.32 Å². The van der Waals surface area contributed by atoms with Gasteiger partial charge >= 0.3 is 0 Å². The van der Waals surface area contributed by atoms with Crippen LogP contribution in [0.1, 0.15) is 37.7 Å². The normalized spacial score (nSPS) is 22.0. The van der Waals surface area contributed by atoms with E-state index in [4.69, 9.17) is 4.74 Å². The molecule has 0 bridgehead atoms. The van der Waals surface area contributed by atoms with Crippen molar-refractivity contribution in [1.82, 2.24) is 10.2 Å². The Balaban J connectivity index is 1.45. The second-order valence-electron chi connectivity index (χ2n) is 7.06. The zero-order valence-electron chi connectivity index (χ0n) is 14.8. The van der Waals surface area contributed by atoms with Crippen molar-refractivity contribution >= 4 is 11.8 Å². The third-order valence-corrected chi connectivity index (χ3v) is 5.17. The molecule has 1 atom stereocenters. The van der Waals surface area contributed by atoms with Gasteiger partial charge < -0.3 is 15.0 Å². The molecule has 5 nitrogen and oxygen atoms in total.